The number of carbonyl (C=O) groups excluding carboxylic acids is 1. The molecule has 0 saturated heterocycles. The summed E-state index contributed by atoms with van der Waals surface area (Å²) in [6, 6.07) is 10.8. The highest BCUT2D eigenvalue weighted by atomic mass is 35.5. The average Bonchev–Trinajstić information content (AvgIpc) is 2.95. The van der Waals surface area contributed by atoms with E-state index in [1.54, 1.807) is 12.1 Å². The molecule has 0 fully saturated rings. The Kier molecular flexibility index (Phi) is 3.31. The number of nitrogens with one attached hydrogen (secondary N) is 1. The standard InChI is InChI=1S/C14H12ClNO2S/c15-12-6-5-11(19-12)14(18)16-13-9-4-2-1-3-8(9)7-10(13)17/h1-6,10,13,17H,7H2,(H,16,18)/t10-,13+/m0/s1. The van der Waals surface area contributed by atoms with Crippen molar-refractivity contribution in [2.24, 2.45) is 0 Å². The van der Waals surface area contributed by atoms with E-state index in [9.17, 15) is 9.90 Å². The molecule has 0 spiro atoms. The quantitative estimate of drug-likeness (QED) is 0.894. The van der Waals surface area contributed by atoms with E-state index in [1.165, 1.54) is 11.3 Å². The van der Waals surface area contributed by atoms with Gasteiger partial charge < -0.3 is 10.4 Å². The Morgan fingerprint density at radius 3 is 2.84 bits per heavy atom. The van der Waals surface area contributed by atoms with Crippen LogP contribution >= 0.6 is 22.9 Å². The molecular formula is C14H12ClNO2S. The number of aliphatic hydroxyl groups excluding tert-OH is 1. The summed E-state index contributed by atoms with van der Waals surface area (Å²) in [7, 11) is 0. The first-order valence-corrected chi connectivity index (χ1v) is 7.16. The van der Waals surface area contributed by atoms with Crippen LogP contribution < -0.4 is 5.32 Å². The molecular weight excluding hydrogens is 282 g/mol. The van der Waals surface area contributed by atoms with Gasteiger partial charge in [-0.05, 0) is 23.3 Å². The second kappa shape index (κ2) is 4.96. The van der Waals surface area contributed by atoms with E-state index < -0.39 is 6.10 Å². The lowest BCUT2D eigenvalue weighted by molar-refractivity contribution is 0.0862. The normalized spacial score (nSPS) is 21.2. The maximum Gasteiger partial charge on any atom is 0.261 e. The molecule has 19 heavy (non-hydrogen) atoms. The molecule has 98 valence electrons. The molecule has 5 heteroatoms. The van der Waals surface area contributed by atoms with Crippen molar-refractivity contribution >= 4 is 28.8 Å². The van der Waals surface area contributed by atoms with Crippen LogP contribution in [0.25, 0.3) is 0 Å². The number of thiophene rings is 1. The van der Waals surface area contributed by atoms with Gasteiger partial charge >= 0.3 is 0 Å². The Bertz CT molecular complexity index is 625. The molecule has 2 atom stereocenters. The number of rotatable bonds is 2. The van der Waals surface area contributed by atoms with Crippen LogP contribution in [0.4, 0.5) is 0 Å². The van der Waals surface area contributed by atoms with Gasteiger partial charge in [0.2, 0.25) is 0 Å². The van der Waals surface area contributed by atoms with Crippen molar-refractivity contribution in [2.75, 3.05) is 0 Å². The first kappa shape index (κ1) is 12.7. The van der Waals surface area contributed by atoms with Crippen molar-refractivity contribution in [1.82, 2.24) is 5.32 Å². The number of aliphatic hydroxyl groups is 1. The molecule has 3 nitrogen and oxygen atoms in total. The smallest absolute Gasteiger partial charge is 0.261 e. The number of carbonyl (C=O) groups is 1. The minimum Gasteiger partial charge on any atom is -0.390 e. The van der Waals surface area contributed by atoms with Gasteiger partial charge in [0, 0.05) is 6.42 Å². The summed E-state index contributed by atoms with van der Waals surface area (Å²) in [5.74, 6) is -0.197. The van der Waals surface area contributed by atoms with Crippen molar-refractivity contribution in [3.05, 3.63) is 56.7 Å². The molecule has 3 rings (SSSR count). The molecule has 1 amide bonds. The van der Waals surface area contributed by atoms with Gasteiger partial charge in [0.1, 0.15) is 0 Å². The van der Waals surface area contributed by atoms with Crippen molar-refractivity contribution < 1.29 is 9.90 Å². The fourth-order valence-electron chi connectivity index (χ4n) is 2.40. The van der Waals surface area contributed by atoms with Crippen LogP contribution in [0, 0.1) is 0 Å². The molecule has 2 N–H and O–H groups in total. The van der Waals surface area contributed by atoms with E-state index in [1.807, 2.05) is 24.3 Å². The predicted molar refractivity (Wildman–Crippen MR) is 75.7 cm³/mol. The lowest BCUT2D eigenvalue weighted by Gasteiger charge is -2.17. The summed E-state index contributed by atoms with van der Waals surface area (Å²) >= 11 is 7.05. The van der Waals surface area contributed by atoms with Crippen molar-refractivity contribution in [3.8, 4) is 0 Å². The zero-order valence-electron chi connectivity index (χ0n) is 9.97. The molecule has 0 aliphatic heterocycles. The van der Waals surface area contributed by atoms with Gasteiger partial charge in [-0.1, -0.05) is 35.9 Å². The lowest BCUT2D eigenvalue weighted by Crippen LogP contribution is -2.33. The SMILES string of the molecule is O=C(N[C@@H]1c2ccccc2C[C@@H]1O)c1ccc(Cl)s1. The predicted octanol–water partition coefficient (Wildman–Crippen LogP) is 2.79. The van der Waals surface area contributed by atoms with Gasteiger partial charge in [0.25, 0.3) is 5.91 Å². The number of hydrogen-bond acceptors (Lipinski definition) is 3. The van der Waals surface area contributed by atoms with Crippen LogP contribution in [-0.2, 0) is 6.42 Å². The Morgan fingerprint density at radius 1 is 1.32 bits per heavy atom. The lowest BCUT2D eigenvalue weighted by atomic mass is 10.1. The summed E-state index contributed by atoms with van der Waals surface area (Å²) in [4.78, 5) is 12.7. The van der Waals surface area contributed by atoms with E-state index in [2.05, 4.69) is 5.32 Å². The molecule has 0 unspecified atom stereocenters. The fourth-order valence-corrected chi connectivity index (χ4v) is 3.34. The molecule has 1 aromatic carbocycles. The third kappa shape index (κ3) is 2.39. The highest BCUT2D eigenvalue weighted by Gasteiger charge is 2.32. The van der Waals surface area contributed by atoms with Crippen LogP contribution in [0.5, 0.6) is 0 Å². The number of hydrogen-bond donors (Lipinski definition) is 2. The highest BCUT2D eigenvalue weighted by molar-refractivity contribution is 7.17. The second-order valence-electron chi connectivity index (χ2n) is 4.53. The third-order valence-corrected chi connectivity index (χ3v) is 4.52. The first-order chi connectivity index (χ1) is 9.15. The van der Waals surface area contributed by atoms with E-state index in [0.717, 1.165) is 11.1 Å². The Hall–Kier alpha value is -1.36. The topological polar surface area (TPSA) is 49.3 Å². The summed E-state index contributed by atoms with van der Waals surface area (Å²) < 4.78 is 0.581. The molecule has 2 aromatic rings. The number of amides is 1. The zero-order chi connectivity index (χ0) is 13.4. The molecule has 0 radical (unpaired) electrons. The number of halogens is 1. The van der Waals surface area contributed by atoms with Crippen LogP contribution in [-0.4, -0.2) is 17.1 Å². The van der Waals surface area contributed by atoms with E-state index in [-0.39, 0.29) is 11.9 Å². The summed E-state index contributed by atoms with van der Waals surface area (Å²) in [6.45, 7) is 0. The molecule has 0 bridgehead atoms. The minimum absolute atomic E-state index is 0.197. The maximum absolute atomic E-state index is 12.1. The van der Waals surface area contributed by atoms with Gasteiger partial charge in [-0.3, -0.25) is 4.79 Å². The second-order valence-corrected chi connectivity index (χ2v) is 6.24. The fraction of sp³-hybridized carbons (Fsp3) is 0.214. The van der Waals surface area contributed by atoms with Crippen molar-refractivity contribution in [1.29, 1.82) is 0 Å². The molecule has 0 saturated carbocycles. The average molecular weight is 294 g/mol. The highest BCUT2D eigenvalue weighted by Crippen LogP contribution is 2.32. The van der Waals surface area contributed by atoms with Crippen molar-refractivity contribution in [3.63, 3.8) is 0 Å². The summed E-state index contributed by atoms with van der Waals surface area (Å²) in [5, 5.41) is 13.0. The monoisotopic (exact) mass is 293 g/mol. The molecule has 1 heterocycles. The van der Waals surface area contributed by atoms with Crippen LogP contribution in [0.1, 0.15) is 26.8 Å². The Morgan fingerprint density at radius 2 is 2.11 bits per heavy atom. The van der Waals surface area contributed by atoms with Gasteiger partial charge in [-0.25, -0.2) is 0 Å². The first-order valence-electron chi connectivity index (χ1n) is 5.97. The Balaban J connectivity index is 1.82. The molecule has 1 aliphatic rings. The minimum atomic E-state index is -0.572. The van der Waals surface area contributed by atoms with Crippen LogP contribution in [0.15, 0.2) is 36.4 Å². The zero-order valence-corrected chi connectivity index (χ0v) is 11.5. The van der Waals surface area contributed by atoms with Gasteiger partial charge in [0.05, 0.1) is 21.4 Å². The van der Waals surface area contributed by atoms with E-state index >= 15 is 0 Å². The van der Waals surface area contributed by atoms with Gasteiger partial charge in [-0.2, -0.15) is 0 Å². The van der Waals surface area contributed by atoms with Gasteiger partial charge in [-0.15, -0.1) is 11.3 Å². The van der Waals surface area contributed by atoms with E-state index in [4.69, 9.17) is 11.6 Å². The van der Waals surface area contributed by atoms with Gasteiger partial charge in [0.15, 0.2) is 0 Å². The molecule has 1 aliphatic carbocycles. The maximum atomic E-state index is 12.1. The Labute approximate surface area is 119 Å². The largest absolute Gasteiger partial charge is 0.390 e. The van der Waals surface area contributed by atoms with E-state index in [0.29, 0.717) is 15.6 Å². The van der Waals surface area contributed by atoms with Crippen LogP contribution in [0.2, 0.25) is 4.34 Å². The molecule has 1 aromatic heterocycles. The summed E-state index contributed by atoms with van der Waals surface area (Å²) in [5.41, 5.74) is 2.08. The summed E-state index contributed by atoms with van der Waals surface area (Å²) in [6.07, 6.45) is 0.00329. The third-order valence-electron chi connectivity index (χ3n) is 3.29. The van der Waals surface area contributed by atoms with Crippen LogP contribution in [0.3, 0.4) is 0 Å². The number of fused-ring (bicyclic) bond motifs is 1. The number of benzene rings is 1. The van der Waals surface area contributed by atoms with Crippen molar-refractivity contribution in [2.45, 2.75) is 18.6 Å².